The normalized spacial score (nSPS) is 28.3. The Morgan fingerprint density at radius 3 is 2.86 bits per heavy atom. The Morgan fingerprint density at radius 1 is 1.71 bits per heavy atom. The SMILES string of the molecule is C=CC1CCN=N1. The van der Waals surface area contributed by atoms with E-state index in [2.05, 4.69) is 16.8 Å². The average Bonchev–Trinajstić information content (AvgIpc) is 2.14. The van der Waals surface area contributed by atoms with Crippen molar-refractivity contribution >= 4 is 0 Å². The van der Waals surface area contributed by atoms with E-state index in [0.717, 1.165) is 13.0 Å². The van der Waals surface area contributed by atoms with E-state index in [1.54, 1.807) is 0 Å². The van der Waals surface area contributed by atoms with Crippen LogP contribution in [0.2, 0.25) is 0 Å². The number of nitrogens with zero attached hydrogens (tertiary/aromatic N) is 2. The highest BCUT2D eigenvalue weighted by Crippen LogP contribution is 2.06. The quantitative estimate of drug-likeness (QED) is 0.441. The van der Waals surface area contributed by atoms with Gasteiger partial charge in [0.15, 0.2) is 0 Å². The molecule has 0 N–H and O–H groups in total. The van der Waals surface area contributed by atoms with E-state index in [9.17, 15) is 0 Å². The summed E-state index contributed by atoms with van der Waals surface area (Å²) < 4.78 is 0. The second-order valence-corrected chi connectivity index (χ2v) is 1.57. The summed E-state index contributed by atoms with van der Waals surface area (Å²) in [4.78, 5) is 0. The van der Waals surface area contributed by atoms with Gasteiger partial charge in [-0.2, -0.15) is 10.2 Å². The lowest BCUT2D eigenvalue weighted by molar-refractivity contribution is 0.834. The van der Waals surface area contributed by atoms with Crippen LogP contribution in [-0.2, 0) is 0 Å². The Hall–Kier alpha value is -0.660. The molecule has 1 atom stereocenters. The van der Waals surface area contributed by atoms with Crippen LogP contribution in [0.25, 0.3) is 0 Å². The molecule has 1 aliphatic heterocycles. The van der Waals surface area contributed by atoms with Crippen molar-refractivity contribution in [3.63, 3.8) is 0 Å². The van der Waals surface area contributed by atoms with Gasteiger partial charge in [0.25, 0.3) is 0 Å². The molecule has 1 aliphatic rings. The standard InChI is InChI=1S/C5H8N2/c1-2-5-3-4-6-7-5/h2,5H,1,3-4H2. The molecule has 0 saturated heterocycles. The van der Waals surface area contributed by atoms with E-state index in [1.807, 2.05) is 6.08 Å². The Bertz CT molecular complexity index is 96.3. The average molecular weight is 96.1 g/mol. The van der Waals surface area contributed by atoms with E-state index in [0.29, 0.717) is 6.04 Å². The van der Waals surface area contributed by atoms with Gasteiger partial charge in [0.1, 0.15) is 0 Å². The monoisotopic (exact) mass is 96.1 g/mol. The van der Waals surface area contributed by atoms with Crippen LogP contribution in [0, 0.1) is 0 Å². The van der Waals surface area contributed by atoms with E-state index >= 15 is 0 Å². The van der Waals surface area contributed by atoms with Crippen molar-refractivity contribution in [2.45, 2.75) is 12.5 Å². The number of hydrogen-bond acceptors (Lipinski definition) is 2. The molecular weight excluding hydrogens is 88.1 g/mol. The molecule has 38 valence electrons. The summed E-state index contributed by atoms with van der Waals surface area (Å²) in [7, 11) is 0. The predicted octanol–water partition coefficient (Wildman–Crippen LogP) is 1.40. The Kier molecular flexibility index (Phi) is 1.20. The van der Waals surface area contributed by atoms with Crippen molar-refractivity contribution in [2.75, 3.05) is 6.54 Å². The van der Waals surface area contributed by atoms with Crippen molar-refractivity contribution in [3.05, 3.63) is 12.7 Å². The minimum absolute atomic E-state index is 0.319. The molecule has 0 aromatic carbocycles. The van der Waals surface area contributed by atoms with Gasteiger partial charge in [0.2, 0.25) is 0 Å². The van der Waals surface area contributed by atoms with Gasteiger partial charge in [-0.3, -0.25) is 0 Å². The first-order valence-electron chi connectivity index (χ1n) is 2.42. The number of azo groups is 1. The Labute approximate surface area is 43.0 Å². The first kappa shape index (κ1) is 4.50. The van der Waals surface area contributed by atoms with Gasteiger partial charge in [0, 0.05) is 0 Å². The van der Waals surface area contributed by atoms with E-state index < -0.39 is 0 Å². The van der Waals surface area contributed by atoms with Crippen LogP contribution in [0.5, 0.6) is 0 Å². The summed E-state index contributed by atoms with van der Waals surface area (Å²) in [6.07, 6.45) is 2.89. The molecule has 0 saturated carbocycles. The molecule has 2 heteroatoms. The molecule has 0 aliphatic carbocycles. The molecule has 0 amide bonds. The van der Waals surface area contributed by atoms with Crippen LogP contribution < -0.4 is 0 Å². The number of rotatable bonds is 1. The molecule has 0 aromatic rings. The van der Waals surface area contributed by atoms with E-state index in [4.69, 9.17) is 0 Å². The zero-order chi connectivity index (χ0) is 5.11. The maximum Gasteiger partial charge on any atom is 0.0904 e. The first-order valence-corrected chi connectivity index (χ1v) is 2.42. The summed E-state index contributed by atoms with van der Waals surface area (Å²) in [6.45, 7) is 4.47. The zero-order valence-corrected chi connectivity index (χ0v) is 4.17. The summed E-state index contributed by atoms with van der Waals surface area (Å²) >= 11 is 0. The van der Waals surface area contributed by atoms with Crippen LogP contribution in [0.3, 0.4) is 0 Å². The smallest absolute Gasteiger partial charge is 0.0904 e. The van der Waals surface area contributed by atoms with Crippen molar-refractivity contribution in [3.8, 4) is 0 Å². The predicted molar refractivity (Wildman–Crippen MR) is 28.3 cm³/mol. The maximum atomic E-state index is 3.86. The second kappa shape index (κ2) is 1.87. The van der Waals surface area contributed by atoms with Crippen LogP contribution in [0.1, 0.15) is 6.42 Å². The molecule has 0 fully saturated rings. The molecule has 0 radical (unpaired) electrons. The van der Waals surface area contributed by atoms with Gasteiger partial charge in [-0.1, -0.05) is 6.08 Å². The van der Waals surface area contributed by atoms with Gasteiger partial charge in [-0.15, -0.1) is 6.58 Å². The van der Waals surface area contributed by atoms with Crippen LogP contribution in [0.4, 0.5) is 0 Å². The zero-order valence-electron chi connectivity index (χ0n) is 4.17. The lowest BCUT2D eigenvalue weighted by Gasteiger charge is -1.88. The summed E-state index contributed by atoms with van der Waals surface area (Å²) in [5.74, 6) is 0. The molecule has 0 aromatic heterocycles. The van der Waals surface area contributed by atoms with Crippen molar-refractivity contribution in [2.24, 2.45) is 10.2 Å². The minimum atomic E-state index is 0.319. The van der Waals surface area contributed by atoms with Gasteiger partial charge >= 0.3 is 0 Å². The molecule has 1 unspecified atom stereocenters. The molecule has 1 heterocycles. The maximum absolute atomic E-state index is 3.86. The van der Waals surface area contributed by atoms with Crippen molar-refractivity contribution in [1.29, 1.82) is 0 Å². The molecular formula is C5H8N2. The second-order valence-electron chi connectivity index (χ2n) is 1.57. The fraction of sp³-hybridized carbons (Fsp3) is 0.600. The van der Waals surface area contributed by atoms with Gasteiger partial charge in [-0.05, 0) is 6.42 Å². The number of hydrogen-bond donors (Lipinski definition) is 0. The van der Waals surface area contributed by atoms with Crippen LogP contribution in [-0.4, -0.2) is 12.6 Å². The third-order valence-electron chi connectivity index (χ3n) is 1.03. The molecule has 2 nitrogen and oxygen atoms in total. The summed E-state index contributed by atoms with van der Waals surface area (Å²) in [5.41, 5.74) is 0. The van der Waals surface area contributed by atoms with Gasteiger partial charge < -0.3 is 0 Å². The third-order valence-corrected chi connectivity index (χ3v) is 1.03. The minimum Gasteiger partial charge on any atom is -0.194 e. The third kappa shape index (κ3) is 0.856. The largest absolute Gasteiger partial charge is 0.194 e. The van der Waals surface area contributed by atoms with Gasteiger partial charge in [0.05, 0.1) is 12.6 Å². The van der Waals surface area contributed by atoms with E-state index in [-0.39, 0.29) is 0 Å². The van der Waals surface area contributed by atoms with Gasteiger partial charge in [-0.25, -0.2) is 0 Å². The molecule has 0 spiro atoms. The van der Waals surface area contributed by atoms with Crippen molar-refractivity contribution in [1.82, 2.24) is 0 Å². The molecule has 7 heavy (non-hydrogen) atoms. The topological polar surface area (TPSA) is 24.7 Å². The highest BCUT2D eigenvalue weighted by atomic mass is 15.1. The summed E-state index contributed by atoms with van der Waals surface area (Å²) in [6, 6.07) is 0.319. The fourth-order valence-corrected chi connectivity index (χ4v) is 0.575. The van der Waals surface area contributed by atoms with Crippen LogP contribution in [0.15, 0.2) is 22.9 Å². The van der Waals surface area contributed by atoms with Crippen molar-refractivity contribution < 1.29 is 0 Å². The lowest BCUT2D eigenvalue weighted by Crippen LogP contribution is -1.91. The lowest BCUT2D eigenvalue weighted by atomic mass is 10.2. The van der Waals surface area contributed by atoms with E-state index in [1.165, 1.54) is 0 Å². The Balaban J connectivity index is 2.42. The highest BCUT2D eigenvalue weighted by Gasteiger charge is 2.04. The van der Waals surface area contributed by atoms with Crippen LogP contribution >= 0.6 is 0 Å². The first-order chi connectivity index (χ1) is 3.43. The highest BCUT2D eigenvalue weighted by molar-refractivity contribution is 4.87. The molecule has 0 bridgehead atoms. The summed E-state index contributed by atoms with van der Waals surface area (Å²) in [5, 5.41) is 7.65. The fourth-order valence-electron chi connectivity index (χ4n) is 0.575. The Morgan fingerprint density at radius 2 is 2.57 bits per heavy atom. The molecule has 1 rings (SSSR count).